The number of allylic oxidation sites excluding steroid dienone is 4. The molecule has 0 aliphatic rings. The Bertz CT molecular complexity index is 889. The van der Waals surface area contributed by atoms with E-state index < -0.39 is 11.9 Å². The number of aliphatic hydroxyl groups excluding tert-OH is 1. The third kappa shape index (κ3) is 16.8. The van der Waals surface area contributed by atoms with Crippen LogP contribution in [0.5, 0.6) is 0 Å². The van der Waals surface area contributed by atoms with Gasteiger partial charge in [-0.1, -0.05) is 106 Å². The van der Waals surface area contributed by atoms with Crippen molar-refractivity contribution in [3.63, 3.8) is 0 Å². The number of carbonyl (C=O) groups excluding carboxylic acids is 3. The zero-order valence-corrected chi connectivity index (χ0v) is 28.2. The van der Waals surface area contributed by atoms with E-state index in [2.05, 4.69) is 48.5 Å². The lowest BCUT2D eigenvalue weighted by molar-refractivity contribution is -0.139. The van der Waals surface area contributed by atoms with E-state index in [0.717, 1.165) is 37.7 Å². The van der Waals surface area contributed by atoms with Crippen LogP contribution in [0.25, 0.3) is 0 Å². The number of ketones is 2. The van der Waals surface area contributed by atoms with Crippen LogP contribution in [-0.2, 0) is 19.1 Å². The fourth-order valence-corrected chi connectivity index (χ4v) is 4.84. The molecule has 5 nitrogen and oxygen atoms in total. The maximum atomic E-state index is 13.8. The molecule has 0 aliphatic carbocycles. The monoisotopic (exact) mass is 574 g/mol. The summed E-state index contributed by atoms with van der Waals surface area (Å²) in [5.74, 6) is -0.639. The number of carbonyl (C=O) groups is 3. The van der Waals surface area contributed by atoms with Crippen LogP contribution in [0.4, 0.5) is 0 Å². The molecule has 5 heteroatoms. The number of unbranched alkanes of at least 4 members (excludes halogenated alkanes) is 6. The van der Waals surface area contributed by atoms with Gasteiger partial charge in [-0.05, 0) is 69.3 Å². The van der Waals surface area contributed by atoms with Crippen LogP contribution in [0.3, 0.4) is 0 Å². The maximum Gasteiger partial charge on any atom is 0.311 e. The molecular weight excluding hydrogens is 512 g/mol. The lowest BCUT2D eigenvalue weighted by Crippen LogP contribution is -2.22. The molecule has 41 heavy (non-hydrogen) atoms. The Labute approximate surface area is 252 Å². The average molecular weight is 575 g/mol. The number of hydrogen-bond donors (Lipinski definition) is 1. The Morgan fingerprint density at radius 1 is 0.756 bits per heavy atom. The molecule has 0 saturated carbocycles. The molecule has 0 rings (SSSR count). The lowest BCUT2D eigenvalue weighted by atomic mass is 9.89. The number of aliphatic hydroxyl groups is 1. The van der Waals surface area contributed by atoms with Crippen LogP contribution in [0, 0.1) is 23.7 Å². The molecule has 0 aromatic heterocycles. The standard InChI is InChI=1S/C36H62O5/c1-11-13-14-15-16-17-18-19-33(39)41-36(31(29(10)37)21-20-25(3)4)34(35(40)28(9)12-2)32(38)24-30(22-26(5)6)23-27(7)8/h24-28,38H,11-23H2,1-10H3/b34-32+,36-31+. The molecule has 0 amide bonds. The minimum Gasteiger partial charge on any atom is -0.507 e. The first-order valence-electron chi connectivity index (χ1n) is 16.4. The van der Waals surface area contributed by atoms with Gasteiger partial charge in [-0.3, -0.25) is 14.4 Å². The lowest BCUT2D eigenvalue weighted by Gasteiger charge is -2.20. The maximum absolute atomic E-state index is 13.8. The highest BCUT2D eigenvalue weighted by molar-refractivity contribution is 6.05. The van der Waals surface area contributed by atoms with Crippen LogP contribution in [0.1, 0.15) is 153 Å². The van der Waals surface area contributed by atoms with Gasteiger partial charge in [0.25, 0.3) is 0 Å². The Hall–Kier alpha value is -2.17. The fourth-order valence-electron chi connectivity index (χ4n) is 4.84. The zero-order valence-electron chi connectivity index (χ0n) is 28.2. The van der Waals surface area contributed by atoms with Crippen LogP contribution >= 0.6 is 0 Å². The summed E-state index contributed by atoms with van der Waals surface area (Å²) in [6, 6.07) is 0. The van der Waals surface area contributed by atoms with Crippen molar-refractivity contribution in [2.45, 2.75) is 153 Å². The van der Waals surface area contributed by atoms with E-state index in [-0.39, 0.29) is 35.1 Å². The summed E-state index contributed by atoms with van der Waals surface area (Å²) in [7, 11) is 0. The molecule has 0 aromatic carbocycles. The zero-order chi connectivity index (χ0) is 31.5. The van der Waals surface area contributed by atoms with E-state index >= 15 is 0 Å². The fraction of sp³-hybridized carbons (Fsp3) is 0.750. The van der Waals surface area contributed by atoms with Crippen molar-refractivity contribution in [3.05, 3.63) is 34.3 Å². The smallest absolute Gasteiger partial charge is 0.311 e. The Balaban J connectivity index is 6.79. The summed E-state index contributed by atoms with van der Waals surface area (Å²) >= 11 is 0. The van der Waals surface area contributed by atoms with Gasteiger partial charge in [0.15, 0.2) is 17.3 Å². The predicted octanol–water partition coefficient (Wildman–Crippen LogP) is 10.4. The minimum absolute atomic E-state index is 0.0359. The Morgan fingerprint density at radius 2 is 1.29 bits per heavy atom. The SMILES string of the molecule is CCCCCCCCCC(=O)OC(/C(C(=O)C(C)CC)=C(/O)C=C(CC(C)C)CC(C)C)=C(\CCC(C)C)C(C)=O. The third-order valence-electron chi connectivity index (χ3n) is 7.34. The first-order chi connectivity index (χ1) is 19.2. The van der Waals surface area contributed by atoms with Crippen molar-refractivity contribution in [1.29, 1.82) is 0 Å². The van der Waals surface area contributed by atoms with Crippen LogP contribution < -0.4 is 0 Å². The van der Waals surface area contributed by atoms with E-state index in [1.807, 2.05) is 13.8 Å². The van der Waals surface area contributed by atoms with E-state index in [4.69, 9.17) is 4.74 Å². The van der Waals surface area contributed by atoms with Gasteiger partial charge in [0.1, 0.15) is 11.3 Å². The molecular formula is C36H62O5. The second kappa shape index (κ2) is 21.5. The Morgan fingerprint density at radius 3 is 1.76 bits per heavy atom. The first kappa shape index (κ1) is 38.8. The summed E-state index contributed by atoms with van der Waals surface area (Å²) in [4.78, 5) is 40.0. The van der Waals surface area contributed by atoms with Crippen molar-refractivity contribution in [3.8, 4) is 0 Å². The van der Waals surface area contributed by atoms with Gasteiger partial charge >= 0.3 is 5.97 Å². The molecule has 1 unspecified atom stereocenters. The van der Waals surface area contributed by atoms with Gasteiger partial charge in [-0.2, -0.15) is 0 Å². The number of ether oxygens (including phenoxy) is 1. The van der Waals surface area contributed by atoms with E-state index in [0.29, 0.717) is 49.0 Å². The van der Waals surface area contributed by atoms with Crippen molar-refractivity contribution in [1.82, 2.24) is 0 Å². The highest BCUT2D eigenvalue weighted by atomic mass is 16.5. The Kier molecular flexibility index (Phi) is 20.4. The second-order valence-corrected chi connectivity index (χ2v) is 13.1. The topological polar surface area (TPSA) is 80.7 Å². The summed E-state index contributed by atoms with van der Waals surface area (Å²) in [6.07, 6.45) is 12.5. The summed E-state index contributed by atoms with van der Waals surface area (Å²) < 4.78 is 5.95. The largest absolute Gasteiger partial charge is 0.507 e. The minimum atomic E-state index is -0.465. The van der Waals surface area contributed by atoms with E-state index in [9.17, 15) is 19.5 Å². The quantitative estimate of drug-likeness (QED) is 0.0457. The molecule has 0 aliphatic heterocycles. The third-order valence-corrected chi connectivity index (χ3v) is 7.34. The molecule has 0 radical (unpaired) electrons. The molecule has 1 atom stereocenters. The molecule has 0 spiro atoms. The van der Waals surface area contributed by atoms with Gasteiger partial charge in [0, 0.05) is 17.9 Å². The highest BCUT2D eigenvalue weighted by Gasteiger charge is 2.30. The van der Waals surface area contributed by atoms with Crippen LogP contribution in [0.15, 0.2) is 34.3 Å². The van der Waals surface area contributed by atoms with Crippen molar-refractivity contribution < 1.29 is 24.2 Å². The summed E-state index contributed by atoms with van der Waals surface area (Å²) in [5, 5.41) is 11.6. The molecule has 0 heterocycles. The number of rotatable bonds is 22. The molecule has 0 saturated heterocycles. The molecule has 0 fully saturated rings. The van der Waals surface area contributed by atoms with Crippen molar-refractivity contribution >= 4 is 17.5 Å². The van der Waals surface area contributed by atoms with Crippen molar-refractivity contribution in [2.75, 3.05) is 0 Å². The van der Waals surface area contributed by atoms with Gasteiger partial charge in [-0.25, -0.2) is 0 Å². The molecule has 0 bridgehead atoms. The van der Waals surface area contributed by atoms with Gasteiger partial charge in [-0.15, -0.1) is 0 Å². The summed E-state index contributed by atoms with van der Waals surface area (Å²) in [6.45, 7) is 20.0. The van der Waals surface area contributed by atoms with Gasteiger partial charge in [0.05, 0.1) is 0 Å². The van der Waals surface area contributed by atoms with Crippen molar-refractivity contribution in [2.24, 2.45) is 23.7 Å². The first-order valence-corrected chi connectivity index (χ1v) is 16.4. The highest BCUT2D eigenvalue weighted by Crippen LogP contribution is 2.31. The van der Waals surface area contributed by atoms with Gasteiger partial charge < -0.3 is 9.84 Å². The molecule has 0 aromatic rings. The van der Waals surface area contributed by atoms with Crippen LogP contribution in [0.2, 0.25) is 0 Å². The normalized spacial score (nSPS) is 13.7. The van der Waals surface area contributed by atoms with Crippen LogP contribution in [-0.4, -0.2) is 22.6 Å². The van der Waals surface area contributed by atoms with E-state index in [1.165, 1.54) is 26.2 Å². The number of esters is 1. The molecule has 236 valence electrons. The summed E-state index contributed by atoms with van der Waals surface area (Å²) in [5.41, 5.74) is 1.29. The number of hydrogen-bond acceptors (Lipinski definition) is 5. The number of Topliss-reactive ketones (excluding diaryl/α,β-unsaturated/α-hetero) is 2. The second-order valence-electron chi connectivity index (χ2n) is 13.1. The van der Waals surface area contributed by atoms with E-state index in [1.54, 1.807) is 6.08 Å². The van der Waals surface area contributed by atoms with Gasteiger partial charge in [0.2, 0.25) is 0 Å². The molecule has 1 N–H and O–H groups in total. The average Bonchev–Trinajstić information content (AvgIpc) is 2.86. The predicted molar refractivity (Wildman–Crippen MR) is 172 cm³/mol.